The quantitative estimate of drug-likeness (QED) is 0.670. The summed E-state index contributed by atoms with van der Waals surface area (Å²) in [6.07, 6.45) is 0. The van der Waals surface area contributed by atoms with E-state index in [1.807, 2.05) is 59.2 Å². The first kappa shape index (κ1) is 17.2. The minimum absolute atomic E-state index is 1.13. The maximum absolute atomic E-state index is 6.80. The lowest BCUT2D eigenvalue weighted by Gasteiger charge is -2.36. The second-order valence-corrected chi connectivity index (χ2v) is 12.0. The first-order chi connectivity index (χ1) is 11.2. The van der Waals surface area contributed by atoms with Gasteiger partial charge in [0.25, 0.3) is 16.6 Å². The normalized spacial score (nSPS) is 11.5. The summed E-state index contributed by atoms with van der Waals surface area (Å²) in [5.41, 5.74) is 7.69. The maximum Gasteiger partial charge on any atom is 0.262 e. The average molecular weight is 335 g/mol. The summed E-state index contributed by atoms with van der Waals surface area (Å²) < 4.78 is 6.80. The third kappa shape index (κ3) is 3.27. The standard InChI is InChI=1S/C20H22OSi2/c1-5-22(6-2,19-15-11-9-12-16-19)21-23(7-3,8-4)20-17-13-10-14-18-20/h5-18H,1-4H2. The number of hydrogen-bond donors (Lipinski definition) is 0. The van der Waals surface area contributed by atoms with Gasteiger partial charge < -0.3 is 4.12 Å². The number of rotatable bonds is 8. The van der Waals surface area contributed by atoms with E-state index in [2.05, 4.69) is 50.6 Å². The highest BCUT2D eigenvalue weighted by molar-refractivity contribution is 7.06. The van der Waals surface area contributed by atoms with Crippen molar-refractivity contribution in [3.05, 3.63) is 110 Å². The molecule has 0 aliphatic carbocycles. The van der Waals surface area contributed by atoms with Crippen molar-refractivity contribution in [2.24, 2.45) is 0 Å². The third-order valence-corrected chi connectivity index (χ3v) is 11.6. The van der Waals surface area contributed by atoms with Crippen molar-refractivity contribution in [3.63, 3.8) is 0 Å². The zero-order valence-electron chi connectivity index (χ0n) is 13.3. The van der Waals surface area contributed by atoms with Crippen LogP contribution in [0.5, 0.6) is 0 Å². The maximum atomic E-state index is 6.80. The molecule has 0 atom stereocenters. The third-order valence-electron chi connectivity index (χ3n) is 4.00. The molecule has 2 aromatic carbocycles. The molecule has 0 bridgehead atoms. The van der Waals surface area contributed by atoms with Crippen molar-refractivity contribution >= 4 is 27.0 Å². The Morgan fingerprint density at radius 2 is 0.870 bits per heavy atom. The molecule has 2 rings (SSSR count). The molecule has 0 saturated heterocycles. The highest BCUT2D eigenvalue weighted by Gasteiger charge is 2.41. The van der Waals surface area contributed by atoms with Gasteiger partial charge in [-0.15, -0.1) is 26.3 Å². The van der Waals surface area contributed by atoms with E-state index in [4.69, 9.17) is 4.12 Å². The van der Waals surface area contributed by atoms with E-state index in [0.717, 1.165) is 10.4 Å². The van der Waals surface area contributed by atoms with E-state index in [-0.39, 0.29) is 0 Å². The summed E-state index contributed by atoms with van der Waals surface area (Å²) in [7, 11) is -5.07. The van der Waals surface area contributed by atoms with Gasteiger partial charge in [0.15, 0.2) is 0 Å². The van der Waals surface area contributed by atoms with Gasteiger partial charge in [0.2, 0.25) is 0 Å². The monoisotopic (exact) mass is 334 g/mol. The van der Waals surface area contributed by atoms with Gasteiger partial charge in [-0.25, -0.2) is 0 Å². The van der Waals surface area contributed by atoms with Crippen LogP contribution in [0.4, 0.5) is 0 Å². The fourth-order valence-electron chi connectivity index (χ4n) is 2.60. The molecule has 0 heterocycles. The molecule has 1 nitrogen and oxygen atoms in total. The van der Waals surface area contributed by atoms with Crippen LogP contribution in [0.2, 0.25) is 0 Å². The van der Waals surface area contributed by atoms with E-state index in [1.54, 1.807) is 0 Å². The molecule has 0 aliphatic heterocycles. The Morgan fingerprint density at radius 3 is 1.13 bits per heavy atom. The second kappa shape index (κ2) is 7.37. The Hall–Kier alpha value is -2.21. The SMILES string of the molecule is C=C[Si](C=C)(O[Si](C=C)(C=C)c1ccccc1)c1ccccc1. The van der Waals surface area contributed by atoms with Gasteiger partial charge in [-0.2, -0.15) is 0 Å². The van der Waals surface area contributed by atoms with E-state index < -0.39 is 16.6 Å². The molecular formula is C20H22OSi2. The molecule has 0 N–H and O–H groups in total. The molecule has 116 valence electrons. The first-order valence-corrected chi connectivity index (χ1v) is 11.6. The van der Waals surface area contributed by atoms with Gasteiger partial charge in [0, 0.05) is 0 Å². The number of benzene rings is 2. The van der Waals surface area contributed by atoms with Gasteiger partial charge in [-0.3, -0.25) is 0 Å². The zero-order chi connectivity index (χ0) is 16.8. The molecule has 2 aromatic rings. The lowest BCUT2D eigenvalue weighted by atomic mass is 10.4. The summed E-state index contributed by atoms with van der Waals surface area (Å²) in [5, 5.41) is 2.25. The van der Waals surface area contributed by atoms with Crippen LogP contribution in [0.15, 0.2) is 110 Å². The minimum Gasteiger partial charge on any atom is -0.437 e. The molecule has 0 unspecified atom stereocenters. The summed E-state index contributed by atoms with van der Waals surface area (Å²) in [6, 6.07) is 20.4. The van der Waals surface area contributed by atoms with Gasteiger partial charge in [0.05, 0.1) is 0 Å². The Morgan fingerprint density at radius 1 is 0.565 bits per heavy atom. The van der Waals surface area contributed by atoms with Gasteiger partial charge in [0.1, 0.15) is 0 Å². The lowest BCUT2D eigenvalue weighted by molar-refractivity contribution is 0.596. The highest BCUT2D eigenvalue weighted by atomic mass is 28.4. The van der Waals surface area contributed by atoms with Crippen LogP contribution >= 0.6 is 0 Å². The summed E-state index contributed by atoms with van der Waals surface area (Å²) in [6.45, 7) is 16.2. The Kier molecular flexibility index (Phi) is 5.50. The Balaban J connectivity index is 2.57. The Bertz CT molecular complexity index is 615. The summed E-state index contributed by atoms with van der Waals surface area (Å²) >= 11 is 0. The fraction of sp³-hybridized carbons (Fsp3) is 0. The highest BCUT2D eigenvalue weighted by Crippen LogP contribution is 2.19. The fourth-order valence-corrected chi connectivity index (χ4v) is 9.81. The molecule has 0 radical (unpaired) electrons. The lowest BCUT2D eigenvalue weighted by Crippen LogP contribution is -2.60. The average Bonchev–Trinajstić information content (AvgIpc) is 2.65. The Labute approximate surface area is 141 Å². The van der Waals surface area contributed by atoms with Crippen LogP contribution < -0.4 is 10.4 Å². The zero-order valence-corrected chi connectivity index (χ0v) is 15.3. The van der Waals surface area contributed by atoms with Crippen LogP contribution in [0, 0.1) is 0 Å². The van der Waals surface area contributed by atoms with Crippen LogP contribution in [0.25, 0.3) is 0 Å². The molecule has 0 amide bonds. The molecule has 0 saturated carbocycles. The van der Waals surface area contributed by atoms with Gasteiger partial charge in [-0.05, 0) is 10.4 Å². The van der Waals surface area contributed by atoms with Crippen LogP contribution in [-0.4, -0.2) is 16.6 Å². The molecular weight excluding hydrogens is 312 g/mol. The first-order valence-electron chi connectivity index (χ1n) is 7.52. The molecule has 0 fully saturated rings. The molecule has 3 heteroatoms. The number of hydrogen-bond acceptors (Lipinski definition) is 1. The molecule has 0 aromatic heterocycles. The topological polar surface area (TPSA) is 9.23 Å². The minimum atomic E-state index is -2.53. The van der Waals surface area contributed by atoms with Crippen molar-refractivity contribution in [2.45, 2.75) is 0 Å². The molecule has 23 heavy (non-hydrogen) atoms. The summed E-state index contributed by atoms with van der Waals surface area (Å²) in [4.78, 5) is 0. The van der Waals surface area contributed by atoms with Gasteiger partial charge in [-0.1, -0.05) is 83.5 Å². The van der Waals surface area contributed by atoms with Crippen LogP contribution in [0.3, 0.4) is 0 Å². The van der Waals surface area contributed by atoms with Crippen molar-refractivity contribution in [1.29, 1.82) is 0 Å². The largest absolute Gasteiger partial charge is 0.437 e. The predicted molar refractivity (Wildman–Crippen MR) is 106 cm³/mol. The van der Waals surface area contributed by atoms with Gasteiger partial charge >= 0.3 is 0 Å². The van der Waals surface area contributed by atoms with Crippen LogP contribution in [0.1, 0.15) is 0 Å². The van der Waals surface area contributed by atoms with Crippen molar-refractivity contribution in [2.75, 3.05) is 0 Å². The van der Waals surface area contributed by atoms with E-state index >= 15 is 0 Å². The van der Waals surface area contributed by atoms with Crippen molar-refractivity contribution in [1.82, 2.24) is 0 Å². The second-order valence-electron chi connectivity index (χ2n) is 5.24. The molecule has 0 aliphatic rings. The predicted octanol–water partition coefficient (Wildman–Crippen LogP) is 3.61. The van der Waals surface area contributed by atoms with E-state index in [0.29, 0.717) is 0 Å². The smallest absolute Gasteiger partial charge is 0.262 e. The summed E-state index contributed by atoms with van der Waals surface area (Å²) in [5.74, 6) is 0. The molecule has 0 spiro atoms. The van der Waals surface area contributed by atoms with Crippen molar-refractivity contribution in [3.8, 4) is 0 Å². The van der Waals surface area contributed by atoms with Crippen LogP contribution in [-0.2, 0) is 4.12 Å². The van der Waals surface area contributed by atoms with E-state index in [9.17, 15) is 0 Å². The van der Waals surface area contributed by atoms with E-state index in [1.165, 1.54) is 0 Å². The van der Waals surface area contributed by atoms with Crippen molar-refractivity contribution < 1.29 is 4.12 Å².